The third-order valence-corrected chi connectivity index (χ3v) is 3.78. The lowest BCUT2D eigenvalue weighted by atomic mass is 10.2. The van der Waals surface area contributed by atoms with Crippen molar-refractivity contribution in [1.82, 2.24) is 4.90 Å². The van der Waals surface area contributed by atoms with Gasteiger partial charge in [0.2, 0.25) is 0 Å². The summed E-state index contributed by atoms with van der Waals surface area (Å²) in [5.41, 5.74) is 0.444. The van der Waals surface area contributed by atoms with E-state index in [0.29, 0.717) is 28.7 Å². The summed E-state index contributed by atoms with van der Waals surface area (Å²) < 4.78 is 0. The maximum Gasteiger partial charge on any atom is 0.255 e. The Balaban J connectivity index is 2.24. The van der Waals surface area contributed by atoms with Gasteiger partial charge >= 0.3 is 0 Å². The van der Waals surface area contributed by atoms with Crippen LogP contribution < -0.4 is 0 Å². The van der Waals surface area contributed by atoms with E-state index in [4.69, 9.17) is 34.8 Å². The topological polar surface area (TPSA) is 20.3 Å². The van der Waals surface area contributed by atoms with Crippen LogP contribution in [0.5, 0.6) is 0 Å². The van der Waals surface area contributed by atoms with Gasteiger partial charge in [-0.1, -0.05) is 29.3 Å². The standard InChI is InChI=1S/C11H10Cl3NO/c12-7-4-5-15(6-7)11(16)8-2-1-3-9(13)10(8)14/h1-3,7H,4-6H2. The first kappa shape index (κ1) is 12.0. The summed E-state index contributed by atoms with van der Waals surface area (Å²) >= 11 is 17.8. The molecule has 0 saturated carbocycles. The SMILES string of the molecule is O=C(c1cccc(Cl)c1Cl)N1CCC(Cl)C1. The lowest BCUT2D eigenvalue weighted by Gasteiger charge is -2.16. The lowest BCUT2D eigenvalue weighted by molar-refractivity contribution is 0.0793. The Labute approximate surface area is 109 Å². The van der Waals surface area contributed by atoms with E-state index in [1.165, 1.54) is 0 Å². The van der Waals surface area contributed by atoms with Gasteiger partial charge in [0.25, 0.3) is 5.91 Å². The van der Waals surface area contributed by atoms with Crippen molar-refractivity contribution < 1.29 is 4.79 Å². The number of carbonyl (C=O) groups is 1. The maximum atomic E-state index is 12.1. The molecular weight excluding hydrogens is 268 g/mol. The zero-order valence-corrected chi connectivity index (χ0v) is 10.7. The molecule has 1 heterocycles. The van der Waals surface area contributed by atoms with Crippen molar-refractivity contribution in [2.75, 3.05) is 13.1 Å². The largest absolute Gasteiger partial charge is 0.337 e. The number of benzene rings is 1. The van der Waals surface area contributed by atoms with Crippen molar-refractivity contribution in [2.24, 2.45) is 0 Å². The number of alkyl halides is 1. The number of likely N-dealkylation sites (tertiary alicyclic amines) is 1. The van der Waals surface area contributed by atoms with Gasteiger partial charge in [0.05, 0.1) is 21.0 Å². The van der Waals surface area contributed by atoms with Gasteiger partial charge in [-0.05, 0) is 18.6 Å². The predicted molar refractivity (Wildman–Crippen MR) is 66.6 cm³/mol. The van der Waals surface area contributed by atoms with Crippen LogP contribution in [-0.2, 0) is 0 Å². The second kappa shape index (κ2) is 4.82. The van der Waals surface area contributed by atoms with Gasteiger partial charge in [-0.3, -0.25) is 4.79 Å². The molecule has 1 saturated heterocycles. The van der Waals surface area contributed by atoms with Crippen LogP contribution >= 0.6 is 34.8 Å². The number of nitrogens with zero attached hydrogens (tertiary/aromatic N) is 1. The quantitative estimate of drug-likeness (QED) is 0.721. The van der Waals surface area contributed by atoms with Crippen molar-refractivity contribution in [2.45, 2.75) is 11.8 Å². The molecule has 0 N–H and O–H groups in total. The molecule has 5 heteroatoms. The summed E-state index contributed by atoms with van der Waals surface area (Å²) in [5, 5.41) is 0.753. The van der Waals surface area contributed by atoms with Crippen LogP contribution in [0.3, 0.4) is 0 Å². The third-order valence-electron chi connectivity index (χ3n) is 2.60. The summed E-state index contributed by atoms with van der Waals surface area (Å²) in [5.74, 6) is -0.101. The van der Waals surface area contributed by atoms with E-state index in [2.05, 4.69) is 0 Å². The van der Waals surface area contributed by atoms with Crippen LogP contribution in [0.2, 0.25) is 10.0 Å². The molecular formula is C11H10Cl3NO. The van der Waals surface area contributed by atoms with Crippen molar-refractivity contribution in [1.29, 1.82) is 0 Å². The molecule has 1 aliphatic rings. The molecule has 86 valence electrons. The molecule has 2 nitrogen and oxygen atoms in total. The highest BCUT2D eigenvalue weighted by Crippen LogP contribution is 2.27. The van der Waals surface area contributed by atoms with Gasteiger partial charge in [-0.2, -0.15) is 0 Å². The Morgan fingerprint density at radius 1 is 1.38 bits per heavy atom. The maximum absolute atomic E-state index is 12.1. The lowest BCUT2D eigenvalue weighted by Crippen LogP contribution is -2.29. The smallest absolute Gasteiger partial charge is 0.255 e. The van der Waals surface area contributed by atoms with Crippen LogP contribution in [0.1, 0.15) is 16.8 Å². The van der Waals surface area contributed by atoms with Gasteiger partial charge in [-0.25, -0.2) is 0 Å². The number of hydrogen-bond acceptors (Lipinski definition) is 1. The van der Waals surface area contributed by atoms with Crippen LogP contribution in [0.15, 0.2) is 18.2 Å². The molecule has 1 unspecified atom stereocenters. The fraction of sp³-hybridized carbons (Fsp3) is 0.364. The highest BCUT2D eigenvalue weighted by molar-refractivity contribution is 6.43. The fourth-order valence-electron chi connectivity index (χ4n) is 1.74. The normalized spacial score (nSPS) is 20.2. The van der Waals surface area contributed by atoms with Crippen molar-refractivity contribution >= 4 is 40.7 Å². The second-order valence-electron chi connectivity index (χ2n) is 3.74. The molecule has 1 aliphatic heterocycles. The molecule has 1 amide bonds. The molecule has 0 spiro atoms. The zero-order valence-electron chi connectivity index (χ0n) is 8.42. The number of rotatable bonds is 1. The summed E-state index contributed by atoms with van der Waals surface area (Å²) in [6, 6.07) is 5.06. The van der Waals surface area contributed by atoms with E-state index in [9.17, 15) is 4.79 Å². The van der Waals surface area contributed by atoms with Crippen molar-refractivity contribution in [3.05, 3.63) is 33.8 Å². The van der Waals surface area contributed by atoms with Crippen molar-refractivity contribution in [3.63, 3.8) is 0 Å². The number of halogens is 3. The first-order valence-electron chi connectivity index (χ1n) is 4.97. The molecule has 2 rings (SSSR count). The van der Waals surface area contributed by atoms with Crippen LogP contribution in [0.25, 0.3) is 0 Å². The molecule has 0 radical (unpaired) electrons. The predicted octanol–water partition coefficient (Wildman–Crippen LogP) is 3.45. The van der Waals surface area contributed by atoms with Crippen LogP contribution in [0, 0.1) is 0 Å². The third kappa shape index (κ3) is 2.29. The van der Waals surface area contributed by atoms with E-state index < -0.39 is 0 Å². The van der Waals surface area contributed by atoms with Crippen molar-refractivity contribution in [3.8, 4) is 0 Å². The summed E-state index contributed by atoms with van der Waals surface area (Å²) in [6.45, 7) is 1.25. The molecule has 16 heavy (non-hydrogen) atoms. The van der Waals surface area contributed by atoms with E-state index in [1.807, 2.05) is 0 Å². The molecule has 1 fully saturated rings. The average molecular weight is 279 g/mol. The summed E-state index contributed by atoms with van der Waals surface area (Å²) in [4.78, 5) is 13.8. The van der Waals surface area contributed by atoms with Gasteiger partial charge in [0, 0.05) is 13.1 Å². The Kier molecular flexibility index (Phi) is 3.63. The Morgan fingerprint density at radius 3 is 2.75 bits per heavy atom. The van der Waals surface area contributed by atoms with Crippen LogP contribution in [0.4, 0.5) is 0 Å². The van der Waals surface area contributed by atoms with Crippen LogP contribution in [-0.4, -0.2) is 29.3 Å². The molecule has 0 aromatic heterocycles. The number of carbonyl (C=O) groups excluding carboxylic acids is 1. The second-order valence-corrected chi connectivity index (χ2v) is 5.14. The van der Waals surface area contributed by atoms with E-state index >= 15 is 0 Å². The van der Waals surface area contributed by atoms with E-state index in [1.54, 1.807) is 23.1 Å². The molecule has 1 aromatic rings. The summed E-state index contributed by atoms with van der Waals surface area (Å²) in [6.07, 6.45) is 0.825. The average Bonchev–Trinajstić information content (AvgIpc) is 2.68. The molecule has 1 aromatic carbocycles. The molecule has 0 aliphatic carbocycles. The highest BCUT2D eigenvalue weighted by atomic mass is 35.5. The summed E-state index contributed by atoms with van der Waals surface area (Å²) in [7, 11) is 0. The minimum absolute atomic E-state index is 0.0434. The fourth-order valence-corrected chi connectivity index (χ4v) is 2.39. The number of amides is 1. The first-order chi connectivity index (χ1) is 7.59. The van der Waals surface area contributed by atoms with Gasteiger partial charge < -0.3 is 4.90 Å². The first-order valence-corrected chi connectivity index (χ1v) is 6.16. The Morgan fingerprint density at radius 2 is 2.12 bits per heavy atom. The van der Waals surface area contributed by atoms with Gasteiger partial charge in [-0.15, -0.1) is 11.6 Å². The monoisotopic (exact) mass is 277 g/mol. The molecule has 1 atom stereocenters. The van der Waals surface area contributed by atoms with E-state index in [0.717, 1.165) is 6.42 Å². The molecule has 0 bridgehead atoms. The Hall–Kier alpha value is -0.440. The number of hydrogen-bond donors (Lipinski definition) is 0. The minimum Gasteiger partial charge on any atom is -0.337 e. The van der Waals surface area contributed by atoms with E-state index in [-0.39, 0.29) is 11.3 Å². The Bertz CT molecular complexity index is 422. The zero-order chi connectivity index (χ0) is 11.7. The minimum atomic E-state index is -0.101. The van der Waals surface area contributed by atoms with Gasteiger partial charge in [0.15, 0.2) is 0 Å². The highest BCUT2D eigenvalue weighted by Gasteiger charge is 2.26. The van der Waals surface area contributed by atoms with Gasteiger partial charge in [0.1, 0.15) is 0 Å².